The van der Waals surface area contributed by atoms with Crippen LogP contribution in [0.15, 0.2) is 0 Å². The fourth-order valence-corrected chi connectivity index (χ4v) is 5.34. The van der Waals surface area contributed by atoms with Crippen LogP contribution >= 0.6 is 11.3 Å². The van der Waals surface area contributed by atoms with Crippen LogP contribution in [0.25, 0.3) is 0 Å². The Bertz CT molecular complexity index is 779. The van der Waals surface area contributed by atoms with Crippen molar-refractivity contribution in [3.05, 3.63) is 16.0 Å². The molecule has 0 aliphatic carbocycles. The summed E-state index contributed by atoms with van der Waals surface area (Å²) in [5, 5.41) is 18.2. The van der Waals surface area contributed by atoms with E-state index in [-0.39, 0.29) is 16.5 Å². The van der Waals surface area contributed by atoms with Crippen LogP contribution < -0.4 is 16.0 Å². The maximum Gasteiger partial charge on any atom is 0.339 e. The molecule has 0 unspecified atom stereocenters. The molecule has 1 heterocycles. The van der Waals surface area contributed by atoms with E-state index in [0.717, 1.165) is 43.4 Å². The first-order valence-electron chi connectivity index (χ1n) is 14.1. The van der Waals surface area contributed by atoms with Crippen molar-refractivity contribution in [3.8, 4) is 0 Å². The number of rotatable bonds is 21. The number of unbranched alkanes of at least 4 members (excludes halogenated alkanes) is 14. The van der Waals surface area contributed by atoms with Crippen LogP contribution in [0.2, 0.25) is 0 Å². The lowest BCUT2D eigenvalue weighted by Crippen LogP contribution is -2.29. The average molecular weight is 524 g/mol. The molecule has 0 radical (unpaired) electrons. The highest BCUT2D eigenvalue weighted by atomic mass is 32.1. The van der Waals surface area contributed by atoms with Gasteiger partial charge in [0, 0.05) is 13.1 Å². The zero-order valence-electron chi connectivity index (χ0n) is 22.8. The van der Waals surface area contributed by atoms with Gasteiger partial charge in [-0.3, -0.25) is 10.1 Å². The van der Waals surface area contributed by atoms with Crippen LogP contribution in [0.4, 0.5) is 9.80 Å². The molecule has 0 aliphatic heterocycles. The maximum atomic E-state index is 12.6. The first-order valence-corrected chi connectivity index (χ1v) is 14.9. The standard InChI is InChI=1S/C28H49N3O4S/c1-4-6-8-10-12-13-14-15-17-19-21-30-28(35)31-26-23(27(33)34)22(3)24(36-26)25(32)29-20-18-16-11-9-7-5-2/h4-21H2,1-3H3,(H,29,32)(H,33,34)(H2,30,31,35). The molecule has 1 aromatic rings. The molecule has 0 fully saturated rings. The molecule has 1 rings (SSSR count). The molecule has 0 atom stereocenters. The molecule has 1 aromatic heterocycles. The third kappa shape index (κ3) is 13.3. The summed E-state index contributed by atoms with van der Waals surface area (Å²) in [5.41, 5.74) is 0.372. The molecule has 0 spiro atoms. The van der Waals surface area contributed by atoms with E-state index in [2.05, 4.69) is 29.8 Å². The zero-order chi connectivity index (χ0) is 26.6. The molecule has 0 aliphatic rings. The van der Waals surface area contributed by atoms with Crippen LogP contribution in [0, 0.1) is 6.92 Å². The zero-order valence-corrected chi connectivity index (χ0v) is 23.6. The average Bonchev–Trinajstić information content (AvgIpc) is 3.17. The molecular formula is C28H49N3O4S. The Morgan fingerprint density at radius 1 is 0.694 bits per heavy atom. The second-order valence-electron chi connectivity index (χ2n) is 9.65. The van der Waals surface area contributed by atoms with Crippen molar-refractivity contribution < 1.29 is 19.5 Å². The largest absolute Gasteiger partial charge is 0.478 e. The highest BCUT2D eigenvalue weighted by Crippen LogP contribution is 2.33. The molecule has 0 saturated carbocycles. The minimum atomic E-state index is -1.15. The fourth-order valence-electron chi connectivity index (χ4n) is 4.22. The summed E-state index contributed by atoms with van der Waals surface area (Å²) in [6, 6.07) is -0.436. The van der Waals surface area contributed by atoms with Gasteiger partial charge in [0.25, 0.3) is 5.91 Å². The van der Waals surface area contributed by atoms with Crippen LogP contribution in [0.5, 0.6) is 0 Å². The van der Waals surface area contributed by atoms with E-state index in [1.165, 1.54) is 70.6 Å². The van der Waals surface area contributed by atoms with E-state index in [4.69, 9.17) is 0 Å². The van der Waals surface area contributed by atoms with E-state index in [9.17, 15) is 19.5 Å². The maximum absolute atomic E-state index is 12.6. The molecule has 7 nitrogen and oxygen atoms in total. The Kier molecular flexibility index (Phi) is 17.8. The van der Waals surface area contributed by atoms with Gasteiger partial charge < -0.3 is 15.7 Å². The van der Waals surface area contributed by atoms with E-state index >= 15 is 0 Å². The number of amides is 3. The number of thiophene rings is 1. The first-order chi connectivity index (χ1) is 17.4. The van der Waals surface area contributed by atoms with Gasteiger partial charge >= 0.3 is 12.0 Å². The second-order valence-corrected chi connectivity index (χ2v) is 10.7. The van der Waals surface area contributed by atoms with E-state index in [1.807, 2.05) is 0 Å². The van der Waals surface area contributed by atoms with Gasteiger partial charge in [-0.25, -0.2) is 9.59 Å². The van der Waals surface area contributed by atoms with Gasteiger partial charge in [0.2, 0.25) is 0 Å². The first kappa shape index (κ1) is 31.9. The Morgan fingerprint density at radius 3 is 1.61 bits per heavy atom. The van der Waals surface area contributed by atoms with E-state index in [0.29, 0.717) is 23.5 Å². The number of hydrogen-bond acceptors (Lipinski definition) is 4. The lowest BCUT2D eigenvalue weighted by atomic mass is 10.1. The predicted octanol–water partition coefficient (Wildman–Crippen LogP) is 7.89. The molecule has 0 saturated heterocycles. The Hall–Kier alpha value is -2.09. The number of carbonyl (C=O) groups is 3. The number of nitrogens with one attached hydrogen (secondary N) is 3. The molecule has 206 valence electrons. The van der Waals surface area contributed by atoms with Crippen LogP contribution in [-0.4, -0.2) is 36.1 Å². The Morgan fingerprint density at radius 2 is 1.14 bits per heavy atom. The normalized spacial score (nSPS) is 10.9. The SMILES string of the molecule is CCCCCCCCCCCCNC(=O)Nc1sc(C(=O)NCCCCCCCC)c(C)c1C(=O)O. The van der Waals surface area contributed by atoms with Crippen LogP contribution in [0.1, 0.15) is 142 Å². The third-order valence-electron chi connectivity index (χ3n) is 6.43. The highest BCUT2D eigenvalue weighted by Gasteiger charge is 2.25. The van der Waals surface area contributed by atoms with E-state index < -0.39 is 12.0 Å². The van der Waals surface area contributed by atoms with Crippen molar-refractivity contribution in [2.24, 2.45) is 0 Å². The van der Waals surface area contributed by atoms with Gasteiger partial charge in [-0.1, -0.05) is 104 Å². The smallest absolute Gasteiger partial charge is 0.339 e. The number of carboxylic acids is 1. The van der Waals surface area contributed by atoms with Gasteiger partial charge in [-0.15, -0.1) is 11.3 Å². The van der Waals surface area contributed by atoms with Gasteiger partial charge in [-0.2, -0.15) is 0 Å². The third-order valence-corrected chi connectivity index (χ3v) is 7.63. The molecule has 3 amide bonds. The molecule has 36 heavy (non-hydrogen) atoms. The topological polar surface area (TPSA) is 108 Å². The molecular weight excluding hydrogens is 474 g/mol. The molecule has 8 heteroatoms. The lowest BCUT2D eigenvalue weighted by molar-refractivity contribution is 0.0697. The van der Waals surface area contributed by atoms with Crippen LogP contribution in [0.3, 0.4) is 0 Å². The van der Waals surface area contributed by atoms with Crippen molar-refractivity contribution in [1.82, 2.24) is 10.6 Å². The van der Waals surface area contributed by atoms with Crippen molar-refractivity contribution in [2.45, 2.75) is 124 Å². The van der Waals surface area contributed by atoms with Crippen LogP contribution in [-0.2, 0) is 0 Å². The monoisotopic (exact) mass is 523 g/mol. The summed E-state index contributed by atoms with van der Waals surface area (Å²) in [5.74, 6) is -1.43. The van der Waals surface area contributed by atoms with Crippen molar-refractivity contribution in [3.63, 3.8) is 0 Å². The summed E-state index contributed by atoms with van der Waals surface area (Å²) in [6.45, 7) is 7.13. The van der Waals surface area contributed by atoms with Crippen molar-refractivity contribution >= 4 is 34.2 Å². The number of aromatic carboxylic acids is 1. The van der Waals surface area contributed by atoms with Gasteiger partial charge in [-0.05, 0) is 25.3 Å². The summed E-state index contributed by atoms with van der Waals surface area (Å²) in [7, 11) is 0. The van der Waals surface area contributed by atoms with Crippen molar-refractivity contribution in [2.75, 3.05) is 18.4 Å². The number of carboxylic acid groups (broad SMARTS) is 1. The van der Waals surface area contributed by atoms with Gasteiger partial charge in [0.1, 0.15) is 5.00 Å². The van der Waals surface area contributed by atoms with E-state index in [1.54, 1.807) is 6.92 Å². The summed E-state index contributed by atoms with van der Waals surface area (Å²) >= 11 is 1.02. The van der Waals surface area contributed by atoms with Gasteiger partial charge in [0.15, 0.2) is 0 Å². The second kappa shape index (κ2) is 20.0. The summed E-state index contributed by atoms with van der Waals surface area (Å²) in [6.07, 6.45) is 19.0. The Balaban J connectivity index is 2.39. The van der Waals surface area contributed by atoms with Crippen molar-refractivity contribution in [1.29, 1.82) is 0 Å². The lowest BCUT2D eigenvalue weighted by Gasteiger charge is -2.07. The highest BCUT2D eigenvalue weighted by molar-refractivity contribution is 7.18. The minimum absolute atomic E-state index is 0.0150. The molecule has 0 aromatic carbocycles. The number of urea groups is 1. The number of anilines is 1. The molecule has 4 N–H and O–H groups in total. The quantitative estimate of drug-likeness (QED) is 0.123. The molecule has 0 bridgehead atoms. The predicted molar refractivity (Wildman–Crippen MR) is 151 cm³/mol. The van der Waals surface area contributed by atoms with Gasteiger partial charge in [0.05, 0.1) is 10.4 Å². The summed E-state index contributed by atoms with van der Waals surface area (Å²) in [4.78, 5) is 37.1. The fraction of sp³-hybridized carbons (Fsp3) is 0.750. The number of carbonyl (C=O) groups excluding carboxylic acids is 2. The minimum Gasteiger partial charge on any atom is -0.478 e. The number of hydrogen-bond donors (Lipinski definition) is 4. The Labute approximate surface area is 222 Å². The summed E-state index contributed by atoms with van der Waals surface area (Å²) < 4.78 is 0.